The average molecular weight is 146 g/mol. The molecule has 1 saturated heterocycles. The van der Waals surface area contributed by atoms with Crippen LogP contribution in [0, 0.1) is 5.92 Å². The highest BCUT2D eigenvalue weighted by Crippen LogP contribution is 2.25. The van der Waals surface area contributed by atoms with Gasteiger partial charge < -0.3 is 14.6 Å². The second-order valence-electron chi connectivity index (χ2n) is 2.74. The van der Waals surface area contributed by atoms with Crippen molar-refractivity contribution in [2.75, 3.05) is 13.7 Å². The molecule has 0 radical (unpaired) electrons. The van der Waals surface area contributed by atoms with Crippen LogP contribution in [0.2, 0.25) is 0 Å². The second-order valence-corrected chi connectivity index (χ2v) is 2.74. The molecule has 10 heavy (non-hydrogen) atoms. The number of hydrogen-bond acceptors (Lipinski definition) is 3. The minimum Gasteiger partial charge on any atom is -0.394 e. The van der Waals surface area contributed by atoms with Crippen molar-refractivity contribution in [3.63, 3.8) is 0 Å². The Morgan fingerprint density at radius 3 is 2.70 bits per heavy atom. The molecule has 0 aromatic heterocycles. The standard InChI is InChI=1S/C7H14O3/c1-5-3-7(9-2)10-6(5)4-8/h5-8H,3-4H2,1-2H3/t5-,6+,7?/m0/s1. The summed E-state index contributed by atoms with van der Waals surface area (Å²) >= 11 is 0. The summed E-state index contributed by atoms with van der Waals surface area (Å²) in [7, 11) is 1.62. The fourth-order valence-corrected chi connectivity index (χ4v) is 1.21. The van der Waals surface area contributed by atoms with Crippen molar-refractivity contribution in [2.24, 2.45) is 5.92 Å². The maximum Gasteiger partial charge on any atom is 0.158 e. The van der Waals surface area contributed by atoms with E-state index in [1.54, 1.807) is 7.11 Å². The zero-order chi connectivity index (χ0) is 7.56. The molecule has 1 heterocycles. The lowest BCUT2D eigenvalue weighted by molar-refractivity contribution is -0.124. The van der Waals surface area contributed by atoms with E-state index >= 15 is 0 Å². The largest absolute Gasteiger partial charge is 0.394 e. The molecule has 0 aromatic rings. The van der Waals surface area contributed by atoms with Gasteiger partial charge in [0.15, 0.2) is 6.29 Å². The van der Waals surface area contributed by atoms with Crippen LogP contribution in [0.1, 0.15) is 13.3 Å². The van der Waals surface area contributed by atoms with E-state index in [4.69, 9.17) is 14.6 Å². The molecule has 0 amide bonds. The number of ether oxygens (including phenoxy) is 2. The summed E-state index contributed by atoms with van der Waals surface area (Å²) in [4.78, 5) is 0. The van der Waals surface area contributed by atoms with Gasteiger partial charge in [-0.15, -0.1) is 0 Å². The van der Waals surface area contributed by atoms with Gasteiger partial charge in [-0.3, -0.25) is 0 Å². The van der Waals surface area contributed by atoms with Crippen molar-refractivity contribution in [1.29, 1.82) is 0 Å². The number of hydrogen-bond donors (Lipinski definition) is 1. The Hall–Kier alpha value is -0.120. The summed E-state index contributed by atoms with van der Waals surface area (Å²) in [6.45, 7) is 2.15. The highest BCUT2D eigenvalue weighted by Gasteiger charge is 2.31. The smallest absolute Gasteiger partial charge is 0.158 e. The molecule has 60 valence electrons. The zero-order valence-corrected chi connectivity index (χ0v) is 6.41. The fraction of sp³-hybridized carbons (Fsp3) is 1.00. The molecule has 0 bridgehead atoms. The summed E-state index contributed by atoms with van der Waals surface area (Å²) < 4.78 is 10.3. The second kappa shape index (κ2) is 3.32. The zero-order valence-electron chi connectivity index (χ0n) is 6.41. The van der Waals surface area contributed by atoms with Gasteiger partial charge in [0.1, 0.15) is 0 Å². The fourth-order valence-electron chi connectivity index (χ4n) is 1.21. The first-order valence-electron chi connectivity index (χ1n) is 3.57. The van der Waals surface area contributed by atoms with E-state index in [2.05, 4.69) is 6.92 Å². The van der Waals surface area contributed by atoms with Crippen LogP contribution >= 0.6 is 0 Å². The highest BCUT2D eigenvalue weighted by molar-refractivity contribution is 4.74. The number of methoxy groups -OCH3 is 1. The van der Waals surface area contributed by atoms with Crippen LogP contribution in [0.25, 0.3) is 0 Å². The average Bonchev–Trinajstić information content (AvgIpc) is 2.30. The first kappa shape index (κ1) is 7.98. The third-order valence-electron chi connectivity index (χ3n) is 1.97. The summed E-state index contributed by atoms with van der Waals surface area (Å²) in [5, 5.41) is 8.77. The molecular formula is C7H14O3. The Balaban J connectivity index is 2.36. The Morgan fingerprint density at radius 2 is 2.40 bits per heavy atom. The van der Waals surface area contributed by atoms with Gasteiger partial charge in [-0.05, 0) is 5.92 Å². The van der Waals surface area contributed by atoms with Crippen LogP contribution in [0.3, 0.4) is 0 Å². The monoisotopic (exact) mass is 146 g/mol. The Kier molecular flexibility index (Phi) is 2.65. The lowest BCUT2D eigenvalue weighted by atomic mass is 10.1. The van der Waals surface area contributed by atoms with Crippen molar-refractivity contribution in [3.05, 3.63) is 0 Å². The summed E-state index contributed by atoms with van der Waals surface area (Å²) in [6.07, 6.45) is 0.763. The van der Waals surface area contributed by atoms with E-state index in [1.165, 1.54) is 0 Å². The minimum absolute atomic E-state index is 0.0232. The third-order valence-corrected chi connectivity index (χ3v) is 1.97. The molecule has 1 fully saturated rings. The molecule has 0 aliphatic carbocycles. The summed E-state index contributed by atoms with van der Waals surface area (Å²) in [6, 6.07) is 0. The van der Waals surface area contributed by atoms with Crippen LogP contribution in [0.4, 0.5) is 0 Å². The van der Waals surface area contributed by atoms with Gasteiger partial charge in [-0.1, -0.05) is 6.92 Å². The van der Waals surface area contributed by atoms with Gasteiger partial charge in [0.2, 0.25) is 0 Å². The van der Waals surface area contributed by atoms with Crippen molar-refractivity contribution in [1.82, 2.24) is 0 Å². The van der Waals surface area contributed by atoms with E-state index in [-0.39, 0.29) is 19.0 Å². The van der Waals surface area contributed by atoms with Gasteiger partial charge >= 0.3 is 0 Å². The predicted molar refractivity (Wildman–Crippen MR) is 36.5 cm³/mol. The van der Waals surface area contributed by atoms with E-state index in [0.29, 0.717) is 5.92 Å². The van der Waals surface area contributed by atoms with E-state index < -0.39 is 0 Å². The summed E-state index contributed by atoms with van der Waals surface area (Å²) in [5.74, 6) is 0.412. The molecule has 1 rings (SSSR count). The van der Waals surface area contributed by atoms with Gasteiger partial charge in [-0.2, -0.15) is 0 Å². The van der Waals surface area contributed by atoms with Gasteiger partial charge in [-0.25, -0.2) is 0 Å². The van der Waals surface area contributed by atoms with Crippen molar-refractivity contribution >= 4 is 0 Å². The van der Waals surface area contributed by atoms with Crippen LogP contribution < -0.4 is 0 Å². The molecule has 3 heteroatoms. The third kappa shape index (κ3) is 1.48. The van der Waals surface area contributed by atoms with Crippen LogP contribution in [-0.4, -0.2) is 31.2 Å². The number of aliphatic hydroxyl groups is 1. The lowest BCUT2D eigenvalue weighted by Crippen LogP contribution is -2.19. The predicted octanol–water partition coefficient (Wildman–Crippen LogP) is 0.376. The van der Waals surface area contributed by atoms with Gasteiger partial charge in [0, 0.05) is 13.5 Å². The van der Waals surface area contributed by atoms with E-state index in [0.717, 1.165) is 6.42 Å². The molecule has 0 aromatic carbocycles. The Morgan fingerprint density at radius 1 is 1.70 bits per heavy atom. The first-order chi connectivity index (χ1) is 4.77. The molecule has 1 unspecified atom stereocenters. The van der Waals surface area contributed by atoms with Crippen LogP contribution in [-0.2, 0) is 9.47 Å². The summed E-state index contributed by atoms with van der Waals surface area (Å²) in [5.41, 5.74) is 0. The van der Waals surface area contributed by atoms with Crippen molar-refractivity contribution in [3.8, 4) is 0 Å². The topological polar surface area (TPSA) is 38.7 Å². The van der Waals surface area contributed by atoms with E-state index in [1.807, 2.05) is 0 Å². The molecular weight excluding hydrogens is 132 g/mol. The minimum atomic E-state index is -0.104. The lowest BCUT2D eigenvalue weighted by Gasteiger charge is -2.10. The highest BCUT2D eigenvalue weighted by atomic mass is 16.7. The van der Waals surface area contributed by atoms with Gasteiger partial charge in [0.05, 0.1) is 12.7 Å². The Labute approximate surface area is 60.9 Å². The molecule has 1 aliphatic heterocycles. The molecule has 1 N–H and O–H groups in total. The molecule has 1 aliphatic rings. The SMILES string of the molecule is COC1C[C@H](C)[C@@H](CO)O1. The van der Waals surface area contributed by atoms with Crippen LogP contribution in [0.5, 0.6) is 0 Å². The Bertz CT molecular complexity index is 105. The van der Waals surface area contributed by atoms with Crippen molar-refractivity contribution < 1.29 is 14.6 Å². The maximum absolute atomic E-state index is 8.77. The van der Waals surface area contributed by atoms with Crippen molar-refractivity contribution in [2.45, 2.75) is 25.7 Å². The molecule has 3 atom stereocenters. The van der Waals surface area contributed by atoms with Crippen LogP contribution in [0.15, 0.2) is 0 Å². The molecule has 0 spiro atoms. The normalized spacial score (nSPS) is 40.5. The first-order valence-corrected chi connectivity index (χ1v) is 3.57. The molecule has 3 nitrogen and oxygen atoms in total. The quantitative estimate of drug-likeness (QED) is 0.612. The number of rotatable bonds is 2. The maximum atomic E-state index is 8.77. The molecule has 0 saturated carbocycles. The van der Waals surface area contributed by atoms with E-state index in [9.17, 15) is 0 Å². The number of aliphatic hydroxyl groups excluding tert-OH is 1. The van der Waals surface area contributed by atoms with Gasteiger partial charge in [0.25, 0.3) is 0 Å².